The van der Waals surface area contributed by atoms with E-state index in [0.29, 0.717) is 11.8 Å². The van der Waals surface area contributed by atoms with Gasteiger partial charge < -0.3 is 10.2 Å². The molecule has 0 aliphatic heterocycles. The second-order valence-electron chi connectivity index (χ2n) is 5.96. The third kappa shape index (κ3) is 1.82. The van der Waals surface area contributed by atoms with Crippen LogP contribution < -0.4 is 0 Å². The molecule has 2 unspecified atom stereocenters. The molecule has 14 heavy (non-hydrogen) atoms. The molecule has 0 aromatic rings. The van der Waals surface area contributed by atoms with Gasteiger partial charge in [0.25, 0.3) is 0 Å². The van der Waals surface area contributed by atoms with Gasteiger partial charge in [0.2, 0.25) is 0 Å². The first kappa shape index (κ1) is 12.0. The lowest BCUT2D eigenvalue weighted by Crippen LogP contribution is -2.48. The summed E-state index contributed by atoms with van der Waals surface area (Å²) in [5.41, 5.74) is 0.245. The van der Waals surface area contributed by atoms with Crippen LogP contribution in [0.25, 0.3) is 0 Å². The topological polar surface area (TPSA) is 40.5 Å². The van der Waals surface area contributed by atoms with Crippen molar-refractivity contribution in [3.63, 3.8) is 0 Å². The lowest BCUT2D eigenvalue weighted by Gasteiger charge is -2.52. The fourth-order valence-electron chi connectivity index (χ4n) is 3.19. The van der Waals surface area contributed by atoms with Gasteiger partial charge in [-0.1, -0.05) is 27.7 Å². The Hall–Kier alpha value is -0.0800. The van der Waals surface area contributed by atoms with Crippen LogP contribution in [-0.2, 0) is 0 Å². The van der Waals surface area contributed by atoms with Gasteiger partial charge in [0.05, 0.1) is 0 Å². The average Bonchev–Trinajstić information content (AvgIpc) is 2.02. The highest BCUT2D eigenvalue weighted by Crippen LogP contribution is 2.53. The molecule has 0 aromatic carbocycles. The van der Waals surface area contributed by atoms with E-state index in [1.165, 1.54) is 0 Å². The monoisotopic (exact) mass is 200 g/mol. The summed E-state index contributed by atoms with van der Waals surface area (Å²) >= 11 is 0. The largest absolute Gasteiger partial charge is 0.396 e. The number of hydrogen-bond acceptors (Lipinski definition) is 2. The second kappa shape index (κ2) is 3.82. The van der Waals surface area contributed by atoms with Crippen LogP contribution in [0.2, 0.25) is 0 Å². The van der Waals surface area contributed by atoms with Crippen LogP contribution >= 0.6 is 0 Å². The smallest absolute Gasteiger partial charge is 0.0469 e. The van der Waals surface area contributed by atoms with Crippen molar-refractivity contribution in [3.8, 4) is 0 Å². The quantitative estimate of drug-likeness (QED) is 0.716. The fraction of sp³-hybridized carbons (Fsp3) is 1.00. The summed E-state index contributed by atoms with van der Waals surface area (Å²) in [5.74, 6) is 0.633. The van der Waals surface area contributed by atoms with Crippen molar-refractivity contribution in [1.82, 2.24) is 0 Å². The van der Waals surface area contributed by atoms with Crippen molar-refractivity contribution in [1.29, 1.82) is 0 Å². The van der Waals surface area contributed by atoms with Gasteiger partial charge in [-0.15, -0.1) is 0 Å². The van der Waals surface area contributed by atoms with E-state index in [1.807, 2.05) is 0 Å². The molecular weight excluding hydrogens is 176 g/mol. The Morgan fingerprint density at radius 3 is 2.07 bits per heavy atom. The van der Waals surface area contributed by atoms with Gasteiger partial charge in [-0.2, -0.15) is 0 Å². The third-order valence-electron chi connectivity index (χ3n) is 4.43. The Morgan fingerprint density at radius 2 is 1.64 bits per heavy atom. The molecular formula is C12H24O2. The van der Waals surface area contributed by atoms with E-state index in [2.05, 4.69) is 27.7 Å². The van der Waals surface area contributed by atoms with Gasteiger partial charge in [0, 0.05) is 13.2 Å². The first-order valence-electron chi connectivity index (χ1n) is 5.58. The maximum atomic E-state index is 9.49. The summed E-state index contributed by atoms with van der Waals surface area (Å²) in [7, 11) is 0. The van der Waals surface area contributed by atoms with Gasteiger partial charge in [0.15, 0.2) is 0 Å². The standard InChI is InChI=1S/C12H24O2/c1-11(2)6-5-9(7-13)12(3,4)10(11)8-14/h9-10,13-14H,5-8H2,1-4H3. The maximum Gasteiger partial charge on any atom is 0.0469 e. The predicted molar refractivity (Wildman–Crippen MR) is 57.9 cm³/mol. The summed E-state index contributed by atoms with van der Waals surface area (Å²) in [6.07, 6.45) is 2.18. The van der Waals surface area contributed by atoms with Gasteiger partial charge in [-0.25, -0.2) is 0 Å². The molecule has 2 heteroatoms. The van der Waals surface area contributed by atoms with Crippen molar-refractivity contribution in [2.45, 2.75) is 40.5 Å². The Balaban J connectivity index is 2.92. The van der Waals surface area contributed by atoms with E-state index in [4.69, 9.17) is 0 Å². The summed E-state index contributed by atoms with van der Waals surface area (Å²) in [5, 5.41) is 18.8. The Kier molecular flexibility index (Phi) is 3.27. The minimum absolute atomic E-state index is 0.0469. The molecule has 0 saturated heterocycles. The molecule has 1 fully saturated rings. The van der Waals surface area contributed by atoms with Crippen molar-refractivity contribution in [2.24, 2.45) is 22.7 Å². The zero-order chi connectivity index (χ0) is 11.0. The molecule has 1 aliphatic rings. The fourth-order valence-corrected chi connectivity index (χ4v) is 3.19. The van der Waals surface area contributed by atoms with Gasteiger partial charge >= 0.3 is 0 Å². The number of aliphatic hydroxyl groups is 2. The molecule has 0 radical (unpaired) electrons. The van der Waals surface area contributed by atoms with Gasteiger partial charge in [-0.05, 0) is 35.5 Å². The van der Waals surface area contributed by atoms with Gasteiger partial charge in [-0.3, -0.25) is 0 Å². The van der Waals surface area contributed by atoms with Crippen molar-refractivity contribution < 1.29 is 10.2 Å². The molecule has 0 spiro atoms. The van der Waals surface area contributed by atoms with Gasteiger partial charge in [0.1, 0.15) is 0 Å². The Morgan fingerprint density at radius 1 is 1.07 bits per heavy atom. The Bertz CT molecular complexity index is 196. The van der Waals surface area contributed by atoms with E-state index >= 15 is 0 Å². The van der Waals surface area contributed by atoms with E-state index in [1.54, 1.807) is 0 Å². The van der Waals surface area contributed by atoms with Crippen LogP contribution in [0.1, 0.15) is 40.5 Å². The third-order valence-corrected chi connectivity index (χ3v) is 4.43. The minimum atomic E-state index is 0.0469. The molecule has 0 amide bonds. The molecule has 2 nitrogen and oxygen atoms in total. The molecule has 0 bridgehead atoms. The maximum absolute atomic E-state index is 9.49. The molecule has 84 valence electrons. The molecule has 1 saturated carbocycles. The number of rotatable bonds is 2. The van der Waals surface area contributed by atoms with E-state index in [9.17, 15) is 10.2 Å². The summed E-state index contributed by atoms with van der Waals surface area (Å²) in [4.78, 5) is 0. The molecule has 1 rings (SSSR count). The highest BCUT2D eigenvalue weighted by Gasteiger charge is 2.48. The molecule has 1 aliphatic carbocycles. The van der Waals surface area contributed by atoms with Crippen LogP contribution in [0, 0.1) is 22.7 Å². The van der Waals surface area contributed by atoms with Crippen LogP contribution in [-0.4, -0.2) is 23.4 Å². The highest BCUT2D eigenvalue weighted by molar-refractivity contribution is 4.97. The van der Waals surface area contributed by atoms with Crippen LogP contribution in [0.4, 0.5) is 0 Å². The summed E-state index contributed by atoms with van der Waals surface area (Å²) in [6.45, 7) is 9.29. The van der Waals surface area contributed by atoms with Crippen molar-refractivity contribution in [2.75, 3.05) is 13.2 Å². The molecule has 0 heterocycles. The zero-order valence-corrected chi connectivity index (χ0v) is 9.88. The zero-order valence-electron chi connectivity index (χ0n) is 9.88. The molecule has 0 aromatic heterocycles. The van der Waals surface area contributed by atoms with E-state index in [-0.39, 0.29) is 24.0 Å². The lowest BCUT2D eigenvalue weighted by atomic mass is 9.53. The van der Waals surface area contributed by atoms with E-state index < -0.39 is 0 Å². The minimum Gasteiger partial charge on any atom is -0.396 e. The molecule has 2 N–H and O–H groups in total. The average molecular weight is 200 g/mol. The first-order valence-corrected chi connectivity index (χ1v) is 5.58. The van der Waals surface area contributed by atoms with Crippen LogP contribution in [0.3, 0.4) is 0 Å². The number of aliphatic hydroxyl groups excluding tert-OH is 2. The SMILES string of the molecule is CC1(C)CCC(CO)C(C)(C)C1CO. The number of hydrogen-bond donors (Lipinski definition) is 2. The molecule has 2 atom stereocenters. The normalized spacial score (nSPS) is 35.6. The highest BCUT2D eigenvalue weighted by atomic mass is 16.3. The summed E-state index contributed by atoms with van der Waals surface area (Å²) in [6, 6.07) is 0. The van der Waals surface area contributed by atoms with E-state index in [0.717, 1.165) is 12.8 Å². The lowest BCUT2D eigenvalue weighted by molar-refractivity contribution is -0.0779. The second-order valence-corrected chi connectivity index (χ2v) is 5.96. The summed E-state index contributed by atoms with van der Waals surface area (Å²) < 4.78 is 0. The van der Waals surface area contributed by atoms with Crippen molar-refractivity contribution >= 4 is 0 Å². The first-order chi connectivity index (χ1) is 6.36. The van der Waals surface area contributed by atoms with Crippen LogP contribution in [0.15, 0.2) is 0 Å². The Labute approximate surface area is 87.3 Å². The predicted octanol–water partition coefficient (Wildman–Crippen LogP) is 2.05. The van der Waals surface area contributed by atoms with Crippen LogP contribution in [0.5, 0.6) is 0 Å². The van der Waals surface area contributed by atoms with Crippen molar-refractivity contribution in [3.05, 3.63) is 0 Å².